The quantitative estimate of drug-likeness (QED) is 0.337. The van der Waals surface area contributed by atoms with Crippen LogP contribution in [0.3, 0.4) is 0 Å². The van der Waals surface area contributed by atoms with E-state index in [0.29, 0.717) is 16.8 Å². The number of methoxy groups -OCH3 is 1. The molecule has 0 bridgehead atoms. The Morgan fingerprint density at radius 1 is 0.774 bits per heavy atom. The Kier molecular flexibility index (Phi) is 4.56. The average molecular weight is 406 g/mol. The highest BCUT2D eigenvalue weighted by Crippen LogP contribution is 2.33. The second-order valence-corrected chi connectivity index (χ2v) is 7.20. The molecule has 0 aromatic heterocycles. The largest absolute Gasteiger partial charge is 0.497 e. The summed E-state index contributed by atoms with van der Waals surface area (Å²) in [7, 11) is 1.63. The molecule has 5 heteroatoms. The Hall–Kier alpha value is -4.25. The van der Waals surface area contributed by atoms with Gasteiger partial charge < -0.3 is 4.74 Å². The van der Waals surface area contributed by atoms with Crippen LogP contribution in [0.15, 0.2) is 89.9 Å². The highest BCUT2D eigenvalue weighted by Gasteiger charge is 2.33. The fourth-order valence-electron chi connectivity index (χ4n) is 3.79. The van der Waals surface area contributed by atoms with E-state index in [-0.39, 0.29) is 11.8 Å². The van der Waals surface area contributed by atoms with Crippen molar-refractivity contribution in [3.05, 3.63) is 102 Å². The first-order valence-corrected chi connectivity index (χ1v) is 9.84. The van der Waals surface area contributed by atoms with Gasteiger partial charge in [0.1, 0.15) is 5.75 Å². The van der Waals surface area contributed by atoms with Crippen LogP contribution in [-0.4, -0.2) is 25.1 Å². The minimum atomic E-state index is -0.316. The number of carbonyl (C=O) groups excluding carboxylic acids is 2. The third-order valence-electron chi connectivity index (χ3n) is 5.36. The van der Waals surface area contributed by atoms with E-state index in [9.17, 15) is 9.59 Å². The third-order valence-corrected chi connectivity index (χ3v) is 5.36. The summed E-state index contributed by atoms with van der Waals surface area (Å²) in [6, 6.07) is 25.7. The van der Waals surface area contributed by atoms with E-state index >= 15 is 0 Å². The van der Waals surface area contributed by atoms with Crippen molar-refractivity contribution in [2.24, 2.45) is 4.99 Å². The molecule has 0 atom stereocenters. The van der Waals surface area contributed by atoms with Crippen LogP contribution in [-0.2, 0) is 0 Å². The van der Waals surface area contributed by atoms with Crippen molar-refractivity contribution in [3.8, 4) is 5.75 Å². The molecule has 150 valence electrons. The number of hydrogen-bond donors (Lipinski definition) is 0. The van der Waals surface area contributed by atoms with Gasteiger partial charge in [-0.1, -0.05) is 24.3 Å². The highest BCUT2D eigenvalue weighted by atomic mass is 16.5. The smallest absolute Gasteiger partial charge is 0.265 e. The van der Waals surface area contributed by atoms with E-state index < -0.39 is 0 Å². The summed E-state index contributed by atoms with van der Waals surface area (Å²) in [5.41, 5.74) is 3.25. The Balaban J connectivity index is 1.44. The van der Waals surface area contributed by atoms with Gasteiger partial charge in [0.05, 0.1) is 18.5 Å². The van der Waals surface area contributed by atoms with Crippen LogP contribution in [0.2, 0.25) is 0 Å². The van der Waals surface area contributed by atoms with E-state index in [0.717, 1.165) is 27.8 Å². The number of aliphatic imine (C=N–C) groups is 1. The SMILES string of the molecule is COc1ccc(C=Nc2ccc(N3C(=O)c4cccc5cccc(c45)C3=O)cc2)cc1. The lowest BCUT2D eigenvalue weighted by Gasteiger charge is -2.27. The van der Waals surface area contributed by atoms with E-state index in [1.807, 2.05) is 48.5 Å². The first kappa shape index (κ1) is 18.8. The lowest BCUT2D eigenvalue weighted by atomic mass is 9.94. The van der Waals surface area contributed by atoms with Crippen LogP contribution in [0, 0.1) is 0 Å². The van der Waals surface area contributed by atoms with Crippen molar-refractivity contribution >= 4 is 40.2 Å². The molecule has 4 aromatic carbocycles. The van der Waals surface area contributed by atoms with Crippen molar-refractivity contribution in [1.82, 2.24) is 0 Å². The first-order valence-electron chi connectivity index (χ1n) is 9.84. The zero-order chi connectivity index (χ0) is 21.4. The maximum absolute atomic E-state index is 13.1. The highest BCUT2D eigenvalue weighted by molar-refractivity contribution is 6.35. The van der Waals surface area contributed by atoms with Crippen molar-refractivity contribution in [3.63, 3.8) is 0 Å². The van der Waals surface area contributed by atoms with Gasteiger partial charge in [0, 0.05) is 22.7 Å². The number of rotatable bonds is 4. The molecule has 1 aliphatic heterocycles. The van der Waals surface area contributed by atoms with Gasteiger partial charge in [-0.3, -0.25) is 14.6 Å². The molecule has 0 radical (unpaired) electrons. The van der Waals surface area contributed by atoms with Gasteiger partial charge in [0.25, 0.3) is 11.8 Å². The molecule has 0 fully saturated rings. The minimum absolute atomic E-state index is 0.316. The fraction of sp³-hybridized carbons (Fsp3) is 0.0385. The fourth-order valence-corrected chi connectivity index (χ4v) is 3.79. The van der Waals surface area contributed by atoms with Crippen LogP contribution in [0.1, 0.15) is 26.3 Å². The Morgan fingerprint density at radius 3 is 1.97 bits per heavy atom. The van der Waals surface area contributed by atoms with Gasteiger partial charge in [-0.25, -0.2) is 4.90 Å². The van der Waals surface area contributed by atoms with Gasteiger partial charge in [-0.15, -0.1) is 0 Å². The Morgan fingerprint density at radius 2 is 1.39 bits per heavy atom. The number of nitrogens with zero attached hydrogens (tertiary/aromatic N) is 2. The molecule has 4 aromatic rings. The number of benzene rings is 4. The zero-order valence-corrected chi connectivity index (χ0v) is 16.8. The molecule has 0 saturated carbocycles. The predicted octanol–water partition coefficient (Wildman–Crippen LogP) is 5.40. The molecule has 1 aliphatic rings. The molecule has 5 nitrogen and oxygen atoms in total. The van der Waals surface area contributed by atoms with Crippen LogP contribution in [0.4, 0.5) is 11.4 Å². The van der Waals surface area contributed by atoms with Gasteiger partial charge in [-0.05, 0) is 71.6 Å². The molecule has 0 spiro atoms. The van der Waals surface area contributed by atoms with Gasteiger partial charge in [0.15, 0.2) is 0 Å². The molecule has 0 saturated heterocycles. The maximum atomic E-state index is 13.1. The maximum Gasteiger partial charge on any atom is 0.265 e. The first-order chi connectivity index (χ1) is 15.2. The summed E-state index contributed by atoms with van der Waals surface area (Å²) in [5, 5.41) is 1.61. The molecule has 31 heavy (non-hydrogen) atoms. The third kappa shape index (κ3) is 3.26. The summed E-state index contributed by atoms with van der Waals surface area (Å²) in [4.78, 5) is 32.0. The molecule has 5 rings (SSSR count). The summed E-state index contributed by atoms with van der Waals surface area (Å²) in [5.74, 6) is 0.155. The van der Waals surface area contributed by atoms with Crippen molar-refractivity contribution < 1.29 is 14.3 Å². The topological polar surface area (TPSA) is 59.0 Å². The van der Waals surface area contributed by atoms with Gasteiger partial charge in [0.2, 0.25) is 0 Å². The number of carbonyl (C=O) groups is 2. The normalized spacial score (nSPS) is 13.3. The monoisotopic (exact) mass is 406 g/mol. The van der Waals surface area contributed by atoms with Crippen LogP contribution in [0.5, 0.6) is 5.75 Å². The average Bonchev–Trinajstić information content (AvgIpc) is 2.82. The van der Waals surface area contributed by atoms with Crippen LogP contribution in [0.25, 0.3) is 10.8 Å². The summed E-state index contributed by atoms with van der Waals surface area (Å²) >= 11 is 0. The number of anilines is 1. The molecule has 0 N–H and O–H groups in total. The van der Waals surface area contributed by atoms with Gasteiger partial charge >= 0.3 is 0 Å². The summed E-state index contributed by atoms with van der Waals surface area (Å²) in [6.45, 7) is 0. The Labute approximate surface area is 179 Å². The minimum Gasteiger partial charge on any atom is -0.497 e. The number of hydrogen-bond acceptors (Lipinski definition) is 4. The molecular formula is C26H18N2O3. The second kappa shape index (κ2) is 7.54. The van der Waals surface area contributed by atoms with Crippen molar-refractivity contribution in [1.29, 1.82) is 0 Å². The summed E-state index contributed by atoms with van der Waals surface area (Å²) in [6.07, 6.45) is 1.75. The van der Waals surface area contributed by atoms with E-state index in [4.69, 9.17) is 4.74 Å². The lowest BCUT2D eigenvalue weighted by molar-refractivity contribution is 0.0893. The van der Waals surface area contributed by atoms with E-state index in [1.54, 1.807) is 49.7 Å². The van der Waals surface area contributed by atoms with Crippen molar-refractivity contribution in [2.45, 2.75) is 0 Å². The molecule has 1 heterocycles. The lowest BCUT2D eigenvalue weighted by Crippen LogP contribution is -2.40. The van der Waals surface area contributed by atoms with Gasteiger partial charge in [-0.2, -0.15) is 0 Å². The Bertz CT molecular complexity index is 1290. The van der Waals surface area contributed by atoms with Crippen LogP contribution < -0.4 is 9.64 Å². The molecule has 0 unspecified atom stereocenters. The summed E-state index contributed by atoms with van der Waals surface area (Å²) < 4.78 is 5.16. The van der Waals surface area contributed by atoms with Crippen LogP contribution >= 0.6 is 0 Å². The molecule has 2 amide bonds. The van der Waals surface area contributed by atoms with E-state index in [2.05, 4.69) is 4.99 Å². The molecular weight excluding hydrogens is 388 g/mol. The van der Waals surface area contributed by atoms with Crippen molar-refractivity contribution in [2.75, 3.05) is 12.0 Å². The standard InChI is InChI=1S/C26H18N2O3/c1-31-21-14-8-17(9-15-21)16-27-19-10-12-20(13-11-19)28-25(29)22-6-2-4-18-5-3-7-23(24(18)22)26(28)30/h2-16H,1H3. The number of amides is 2. The zero-order valence-electron chi connectivity index (χ0n) is 16.8. The number of ether oxygens (including phenoxy) is 1. The number of imide groups is 1. The predicted molar refractivity (Wildman–Crippen MR) is 122 cm³/mol. The second-order valence-electron chi connectivity index (χ2n) is 7.20. The molecule has 0 aliphatic carbocycles. The van der Waals surface area contributed by atoms with E-state index in [1.165, 1.54) is 4.90 Å².